The van der Waals surface area contributed by atoms with Crippen molar-refractivity contribution in [3.63, 3.8) is 0 Å². The number of hydrogen-bond donors (Lipinski definition) is 0. The predicted molar refractivity (Wildman–Crippen MR) is 172 cm³/mol. The SMILES string of the molecule is CC(=O)O[C@H]1CC[C@@]2(C)[C@@H](CC[C@@]3(C)[C@H]2C(=O)C=C2[C@@H]4C[C@](C)(C(=O)O[C@@H]5CCCC[C@H]5C)CC[C@]4(C)CC[C@]23C)C1(C)C. The molecular formula is C39H60O5. The number of carbonyl (C=O) groups is 3. The van der Waals surface area contributed by atoms with E-state index >= 15 is 0 Å². The molecule has 0 unspecified atom stereocenters. The molecule has 5 nitrogen and oxygen atoms in total. The molecule has 5 heteroatoms. The van der Waals surface area contributed by atoms with Crippen molar-refractivity contribution in [2.45, 2.75) is 158 Å². The van der Waals surface area contributed by atoms with Crippen LogP contribution in [0.5, 0.6) is 0 Å². The fourth-order valence-electron chi connectivity index (χ4n) is 12.5. The predicted octanol–water partition coefficient (Wildman–Crippen LogP) is 9.02. The lowest BCUT2D eigenvalue weighted by Gasteiger charge is -2.70. The van der Waals surface area contributed by atoms with Crippen LogP contribution in [-0.4, -0.2) is 29.9 Å². The molecule has 0 spiro atoms. The smallest absolute Gasteiger partial charge is 0.312 e. The minimum atomic E-state index is -0.510. The van der Waals surface area contributed by atoms with E-state index < -0.39 is 5.41 Å². The van der Waals surface area contributed by atoms with E-state index in [1.165, 1.54) is 18.9 Å². The van der Waals surface area contributed by atoms with Crippen LogP contribution in [0.2, 0.25) is 0 Å². The van der Waals surface area contributed by atoms with E-state index in [4.69, 9.17) is 9.47 Å². The van der Waals surface area contributed by atoms with E-state index in [1.54, 1.807) is 0 Å². The summed E-state index contributed by atoms with van der Waals surface area (Å²) in [5.74, 6) is 1.03. The monoisotopic (exact) mass is 608 g/mol. The summed E-state index contributed by atoms with van der Waals surface area (Å²) in [6.07, 6.45) is 15.3. The van der Waals surface area contributed by atoms with Crippen LogP contribution in [-0.2, 0) is 23.9 Å². The minimum Gasteiger partial charge on any atom is -0.462 e. The van der Waals surface area contributed by atoms with E-state index in [2.05, 4.69) is 61.5 Å². The topological polar surface area (TPSA) is 69.7 Å². The molecule has 6 rings (SSSR count). The highest BCUT2D eigenvalue weighted by Gasteiger charge is 2.70. The van der Waals surface area contributed by atoms with Crippen molar-refractivity contribution in [2.75, 3.05) is 0 Å². The minimum absolute atomic E-state index is 0.00260. The quantitative estimate of drug-likeness (QED) is 0.299. The molecule has 6 aliphatic carbocycles. The van der Waals surface area contributed by atoms with Gasteiger partial charge in [0.05, 0.1) is 5.41 Å². The average molecular weight is 609 g/mol. The van der Waals surface area contributed by atoms with Crippen molar-refractivity contribution in [1.82, 2.24) is 0 Å². The Morgan fingerprint density at radius 1 is 0.818 bits per heavy atom. The Morgan fingerprint density at radius 2 is 1.50 bits per heavy atom. The molecule has 5 fully saturated rings. The lowest BCUT2D eigenvalue weighted by molar-refractivity contribution is -0.210. The van der Waals surface area contributed by atoms with Crippen molar-refractivity contribution in [1.29, 1.82) is 0 Å². The Kier molecular flexibility index (Phi) is 7.65. The molecule has 11 atom stereocenters. The van der Waals surface area contributed by atoms with Crippen LogP contribution in [0.3, 0.4) is 0 Å². The van der Waals surface area contributed by atoms with Crippen LogP contribution in [0.15, 0.2) is 11.6 Å². The summed E-state index contributed by atoms with van der Waals surface area (Å²) in [7, 11) is 0. The molecule has 6 aliphatic rings. The Morgan fingerprint density at radius 3 is 2.18 bits per heavy atom. The van der Waals surface area contributed by atoms with Crippen molar-refractivity contribution in [3.05, 3.63) is 11.6 Å². The Hall–Kier alpha value is -1.65. The lowest BCUT2D eigenvalue weighted by Crippen LogP contribution is -2.66. The van der Waals surface area contributed by atoms with Crippen LogP contribution in [0, 0.1) is 56.2 Å². The molecule has 5 saturated carbocycles. The first kappa shape index (κ1) is 32.3. The second-order valence-electron chi connectivity index (χ2n) is 18.4. The zero-order valence-electron chi connectivity index (χ0n) is 29.3. The molecule has 44 heavy (non-hydrogen) atoms. The maximum Gasteiger partial charge on any atom is 0.312 e. The van der Waals surface area contributed by atoms with Crippen molar-refractivity contribution < 1.29 is 23.9 Å². The third kappa shape index (κ3) is 4.54. The number of rotatable bonds is 3. The van der Waals surface area contributed by atoms with Crippen molar-refractivity contribution in [3.8, 4) is 0 Å². The first-order chi connectivity index (χ1) is 20.4. The van der Waals surface area contributed by atoms with Crippen LogP contribution in [0.1, 0.15) is 146 Å². The third-order valence-electron chi connectivity index (χ3n) is 15.6. The number of fused-ring (bicyclic) bond motifs is 7. The fourth-order valence-corrected chi connectivity index (χ4v) is 12.5. The van der Waals surface area contributed by atoms with Gasteiger partial charge in [0.25, 0.3) is 0 Å². The number of hydrogen-bond acceptors (Lipinski definition) is 5. The molecule has 0 aromatic rings. The largest absolute Gasteiger partial charge is 0.462 e. The van der Waals surface area contributed by atoms with Gasteiger partial charge in [0.1, 0.15) is 12.2 Å². The van der Waals surface area contributed by atoms with Gasteiger partial charge in [0.15, 0.2) is 5.78 Å². The summed E-state index contributed by atoms with van der Waals surface area (Å²) in [5, 5.41) is 0. The molecule has 0 aromatic heterocycles. The molecule has 0 bridgehead atoms. The van der Waals surface area contributed by atoms with Gasteiger partial charge in [0.2, 0.25) is 0 Å². The van der Waals surface area contributed by atoms with Crippen LogP contribution < -0.4 is 0 Å². The van der Waals surface area contributed by atoms with Gasteiger partial charge in [-0.25, -0.2) is 0 Å². The summed E-state index contributed by atoms with van der Waals surface area (Å²) < 4.78 is 12.2. The van der Waals surface area contributed by atoms with E-state index in [-0.39, 0.29) is 63.1 Å². The Bertz CT molecular complexity index is 1250. The lowest BCUT2D eigenvalue weighted by atomic mass is 9.33. The molecule has 0 amide bonds. The first-order valence-corrected chi connectivity index (χ1v) is 18.1. The van der Waals surface area contributed by atoms with E-state index in [0.717, 1.165) is 77.0 Å². The van der Waals surface area contributed by atoms with Crippen molar-refractivity contribution in [2.24, 2.45) is 56.2 Å². The second kappa shape index (κ2) is 10.4. The van der Waals surface area contributed by atoms with Gasteiger partial charge in [-0.3, -0.25) is 14.4 Å². The molecule has 0 saturated heterocycles. The van der Waals surface area contributed by atoms with Crippen LogP contribution in [0.25, 0.3) is 0 Å². The highest BCUT2D eigenvalue weighted by atomic mass is 16.5. The zero-order valence-corrected chi connectivity index (χ0v) is 29.3. The summed E-state index contributed by atoms with van der Waals surface area (Å²) in [4.78, 5) is 40.6. The molecule has 246 valence electrons. The molecule has 0 N–H and O–H groups in total. The Balaban J connectivity index is 1.33. The van der Waals surface area contributed by atoms with Crippen LogP contribution in [0.4, 0.5) is 0 Å². The van der Waals surface area contributed by atoms with Crippen molar-refractivity contribution >= 4 is 17.7 Å². The Labute approximate surface area is 267 Å². The highest BCUT2D eigenvalue weighted by molar-refractivity contribution is 5.95. The van der Waals surface area contributed by atoms with E-state index in [1.807, 2.05) is 0 Å². The number of ether oxygens (including phenoxy) is 2. The molecule has 0 aliphatic heterocycles. The number of ketones is 1. The summed E-state index contributed by atoms with van der Waals surface area (Å²) in [6.45, 7) is 20.2. The maximum absolute atomic E-state index is 14.7. The van der Waals surface area contributed by atoms with Crippen LogP contribution >= 0.6 is 0 Å². The van der Waals surface area contributed by atoms with E-state index in [0.29, 0.717) is 17.6 Å². The normalized spacial score (nSPS) is 49.8. The summed E-state index contributed by atoms with van der Waals surface area (Å²) >= 11 is 0. The number of esters is 2. The van der Waals surface area contributed by atoms with Gasteiger partial charge >= 0.3 is 11.9 Å². The second-order valence-corrected chi connectivity index (χ2v) is 18.4. The molecule has 0 heterocycles. The number of carbonyl (C=O) groups excluding carboxylic acids is 3. The summed E-state index contributed by atoms with van der Waals surface area (Å²) in [5.41, 5.74) is 0.393. The third-order valence-corrected chi connectivity index (χ3v) is 15.6. The van der Waals surface area contributed by atoms with Gasteiger partial charge in [-0.05, 0) is 129 Å². The van der Waals surface area contributed by atoms with Gasteiger partial charge in [-0.2, -0.15) is 0 Å². The average Bonchev–Trinajstić information content (AvgIpc) is 2.93. The van der Waals surface area contributed by atoms with Gasteiger partial charge < -0.3 is 9.47 Å². The van der Waals surface area contributed by atoms with Gasteiger partial charge in [-0.1, -0.05) is 60.5 Å². The zero-order chi connectivity index (χ0) is 32.1. The maximum atomic E-state index is 14.7. The molecule has 0 radical (unpaired) electrons. The summed E-state index contributed by atoms with van der Waals surface area (Å²) in [6, 6.07) is 0. The first-order valence-electron chi connectivity index (χ1n) is 18.1. The number of allylic oxidation sites excluding steroid dienone is 2. The molecule has 0 aromatic carbocycles. The highest BCUT2D eigenvalue weighted by Crippen LogP contribution is 2.75. The standard InChI is InChI=1S/C39H60O5/c1-24-12-10-11-13-29(24)44-33(42)36(6)19-18-35(5)20-21-38(8)26(27(35)23-36)22-28(41)32-37(7)16-15-31(43-25(2)40)34(3,4)30(37)14-17-39(32,38)9/h22,24,27,29-32H,10-21,23H2,1-9H3/t24-,27+,29-,30+,31+,32+,35-,36-,37+,38-,39+/m1/s1. The fraction of sp³-hybridized carbons (Fsp3) is 0.872. The van der Waals surface area contributed by atoms with Gasteiger partial charge in [-0.15, -0.1) is 0 Å². The van der Waals surface area contributed by atoms with E-state index in [9.17, 15) is 14.4 Å². The van der Waals surface area contributed by atoms with Gasteiger partial charge in [0, 0.05) is 18.3 Å². The molecular weight excluding hydrogens is 548 g/mol.